The van der Waals surface area contributed by atoms with Crippen molar-refractivity contribution in [1.29, 1.82) is 0 Å². The minimum absolute atomic E-state index is 0.150. The summed E-state index contributed by atoms with van der Waals surface area (Å²) in [5.41, 5.74) is -0.555. The molecular formula is C7H5BClF3N. The van der Waals surface area contributed by atoms with Crippen molar-refractivity contribution in [2.45, 2.75) is 13.0 Å². The van der Waals surface area contributed by atoms with Gasteiger partial charge in [-0.25, -0.2) is 4.98 Å². The molecule has 0 aliphatic rings. The zero-order valence-electron chi connectivity index (χ0n) is 6.69. The monoisotopic (exact) mass is 206 g/mol. The fraction of sp³-hybridized carbons (Fsp3) is 0.286. The van der Waals surface area contributed by atoms with Crippen LogP contribution in [0.15, 0.2) is 12.1 Å². The Bertz CT molecular complexity index is 313. The third kappa shape index (κ3) is 2.62. The van der Waals surface area contributed by atoms with Crippen LogP contribution in [0.25, 0.3) is 0 Å². The lowest BCUT2D eigenvalue weighted by Gasteiger charge is -2.07. The number of rotatable bonds is 1. The van der Waals surface area contributed by atoms with E-state index in [1.54, 1.807) is 6.82 Å². The van der Waals surface area contributed by atoms with Gasteiger partial charge in [0.05, 0.1) is 0 Å². The number of alkyl halides is 3. The van der Waals surface area contributed by atoms with E-state index in [0.717, 1.165) is 6.07 Å². The van der Waals surface area contributed by atoms with Gasteiger partial charge < -0.3 is 0 Å². The maximum atomic E-state index is 12.1. The van der Waals surface area contributed by atoms with Crippen molar-refractivity contribution >= 4 is 24.3 Å². The number of hydrogen-bond acceptors (Lipinski definition) is 1. The van der Waals surface area contributed by atoms with Crippen LogP contribution >= 0.6 is 11.6 Å². The van der Waals surface area contributed by atoms with Gasteiger partial charge >= 0.3 is 6.18 Å². The SMILES string of the molecule is C[B]c1cc(Cl)nc(C(F)(F)F)c1. The van der Waals surface area contributed by atoms with E-state index in [2.05, 4.69) is 4.98 Å². The van der Waals surface area contributed by atoms with Crippen LogP contribution in [-0.4, -0.2) is 12.3 Å². The van der Waals surface area contributed by atoms with E-state index in [0.29, 0.717) is 5.46 Å². The molecule has 0 saturated carbocycles. The Morgan fingerprint density at radius 1 is 1.38 bits per heavy atom. The highest BCUT2D eigenvalue weighted by molar-refractivity contribution is 6.52. The topological polar surface area (TPSA) is 12.9 Å². The van der Waals surface area contributed by atoms with Crippen molar-refractivity contribution < 1.29 is 13.2 Å². The van der Waals surface area contributed by atoms with Gasteiger partial charge in [0.2, 0.25) is 0 Å². The van der Waals surface area contributed by atoms with Gasteiger partial charge in [0.1, 0.15) is 18.1 Å². The standard InChI is InChI=1S/C7H5BClF3N/c1-8-4-2-5(7(10,11)12)13-6(9)3-4/h2-3H,1H3. The highest BCUT2D eigenvalue weighted by Crippen LogP contribution is 2.27. The molecule has 0 aliphatic heterocycles. The van der Waals surface area contributed by atoms with Gasteiger partial charge in [-0.1, -0.05) is 23.9 Å². The first kappa shape index (κ1) is 10.4. The molecule has 0 spiro atoms. The highest BCUT2D eigenvalue weighted by Gasteiger charge is 2.32. The first-order chi connectivity index (χ1) is 5.93. The molecule has 0 fully saturated rings. The quantitative estimate of drug-likeness (QED) is 0.507. The number of nitrogens with zero attached hydrogens (tertiary/aromatic N) is 1. The molecule has 1 rings (SSSR count). The van der Waals surface area contributed by atoms with Crippen LogP contribution < -0.4 is 5.46 Å². The summed E-state index contributed by atoms with van der Waals surface area (Å²) >= 11 is 5.40. The molecule has 0 aromatic carbocycles. The van der Waals surface area contributed by atoms with E-state index in [4.69, 9.17) is 11.6 Å². The maximum Gasteiger partial charge on any atom is 0.433 e. The molecule has 0 saturated heterocycles. The molecule has 0 amide bonds. The Kier molecular flexibility index (Phi) is 2.85. The molecule has 6 heteroatoms. The van der Waals surface area contributed by atoms with Gasteiger partial charge in [-0.15, -0.1) is 0 Å². The predicted octanol–water partition coefficient (Wildman–Crippen LogP) is 2.13. The molecular weight excluding hydrogens is 201 g/mol. The summed E-state index contributed by atoms with van der Waals surface area (Å²) < 4.78 is 36.4. The zero-order valence-corrected chi connectivity index (χ0v) is 7.45. The summed E-state index contributed by atoms with van der Waals surface area (Å²) in [6.45, 7) is 1.63. The van der Waals surface area contributed by atoms with Crippen LogP contribution in [0.1, 0.15) is 5.69 Å². The fourth-order valence-corrected chi connectivity index (χ4v) is 1.05. The van der Waals surface area contributed by atoms with Crippen LogP contribution in [0.5, 0.6) is 0 Å². The lowest BCUT2D eigenvalue weighted by Crippen LogP contribution is -2.17. The number of hydrogen-bond donors (Lipinski definition) is 0. The van der Waals surface area contributed by atoms with E-state index in [-0.39, 0.29) is 5.15 Å². The van der Waals surface area contributed by atoms with Gasteiger partial charge in [-0.2, -0.15) is 13.2 Å². The Labute approximate surface area is 79.2 Å². The molecule has 1 aromatic rings. The molecule has 13 heavy (non-hydrogen) atoms. The maximum absolute atomic E-state index is 12.1. The van der Waals surface area contributed by atoms with Crippen LogP contribution in [0.3, 0.4) is 0 Å². The van der Waals surface area contributed by atoms with E-state index >= 15 is 0 Å². The average Bonchev–Trinajstić information content (AvgIpc) is 2.01. The van der Waals surface area contributed by atoms with Crippen LogP contribution in [-0.2, 0) is 6.18 Å². The van der Waals surface area contributed by atoms with Crippen LogP contribution in [0.4, 0.5) is 13.2 Å². The predicted molar refractivity (Wildman–Crippen MR) is 45.5 cm³/mol. The van der Waals surface area contributed by atoms with E-state index in [1.807, 2.05) is 0 Å². The molecule has 1 radical (unpaired) electrons. The van der Waals surface area contributed by atoms with Gasteiger partial charge in [0, 0.05) is 0 Å². The van der Waals surface area contributed by atoms with Crippen molar-refractivity contribution in [3.63, 3.8) is 0 Å². The summed E-state index contributed by atoms with van der Waals surface area (Å²) in [6, 6.07) is 2.32. The second-order valence-electron chi connectivity index (χ2n) is 2.39. The number of aromatic nitrogens is 1. The molecule has 1 heterocycles. The molecule has 0 N–H and O–H groups in total. The Morgan fingerprint density at radius 2 is 2.00 bits per heavy atom. The molecule has 0 unspecified atom stereocenters. The van der Waals surface area contributed by atoms with Gasteiger partial charge in [-0.05, 0) is 12.1 Å². The van der Waals surface area contributed by atoms with Crippen molar-refractivity contribution in [3.8, 4) is 0 Å². The van der Waals surface area contributed by atoms with Gasteiger partial charge in [0.15, 0.2) is 0 Å². The summed E-state index contributed by atoms with van der Waals surface area (Å²) in [5.74, 6) is 0. The van der Waals surface area contributed by atoms with Crippen molar-refractivity contribution in [1.82, 2.24) is 4.98 Å². The summed E-state index contributed by atoms with van der Waals surface area (Å²) in [6.07, 6.45) is -4.44. The second-order valence-corrected chi connectivity index (χ2v) is 2.78. The van der Waals surface area contributed by atoms with E-state index in [1.165, 1.54) is 13.3 Å². The smallest absolute Gasteiger partial charge is 0.232 e. The first-order valence-electron chi connectivity index (χ1n) is 3.47. The van der Waals surface area contributed by atoms with Crippen LogP contribution in [0.2, 0.25) is 12.0 Å². The average molecular weight is 206 g/mol. The molecule has 0 atom stereocenters. The second kappa shape index (κ2) is 3.58. The highest BCUT2D eigenvalue weighted by atomic mass is 35.5. The largest absolute Gasteiger partial charge is 0.433 e. The number of pyridine rings is 1. The Hall–Kier alpha value is -0.705. The normalized spacial score (nSPS) is 11.5. The number of halogens is 4. The minimum Gasteiger partial charge on any atom is -0.232 e. The van der Waals surface area contributed by atoms with Crippen molar-refractivity contribution in [2.75, 3.05) is 0 Å². The van der Waals surface area contributed by atoms with Gasteiger partial charge in [-0.3, -0.25) is 0 Å². The molecule has 0 bridgehead atoms. The van der Waals surface area contributed by atoms with Crippen molar-refractivity contribution in [3.05, 3.63) is 23.0 Å². The lowest BCUT2D eigenvalue weighted by atomic mass is 9.73. The van der Waals surface area contributed by atoms with Crippen molar-refractivity contribution in [2.24, 2.45) is 0 Å². The Balaban J connectivity index is 3.16. The summed E-state index contributed by atoms with van der Waals surface area (Å²) in [4.78, 5) is 3.17. The minimum atomic E-state index is -4.44. The van der Waals surface area contributed by atoms with Crippen LogP contribution in [0, 0.1) is 0 Å². The molecule has 1 aromatic heterocycles. The molecule has 69 valence electrons. The third-order valence-corrected chi connectivity index (χ3v) is 1.63. The molecule has 0 aliphatic carbocycles. The van der Waals surface area contributed by atoms with E-state index in [9.17, 15) is 13.2 Å². The zero-order chi connectivity index (χ0) is 10.1. The van der Waals surface area contributed by atoms with Gasteiger partial charge in [0.25, 0.3) is 0 Å². The van der Waals surface area contributed by atoms with E-state index < -0.39 is 11.9 Å². The third-order valence-electron chi connectivity index (χ3n) is 1.44. The fourth-order valence-electron chi connectivity index (χ4n) is 0.829. The Morgan fingerprint density at radius 3 is 2.46 bits per heavy atom. The summed E-state index contributed by atoms with van der Waals surface area (Å²) in [5, 5.41) is -0.150. The lowest BCUT2D eigenvalue weighted by molar-refractivity contribution is -0.141. The first-order valence-corrected chi connectivity index (χ1v) is 3.85. The molecule has 1 nitrogen and oxygen atoms in total. The summed E-state index contributed by atoms with van der Waals surface area (Å²) in [7, 11) is 1.53.